The van der Waals surface area contributed by atoms with Crippen LogP contribution in [-0.2, 0) is 19.0 Å². The highest BCUT2D eigenvalue weighted by Crippen LogP contribution is 2.08. The third-order valence-corrected chi connectivity index (χ3v) is 4.23. The highest BCUT2D eigenvalue weighted by molar-refractivity contribution is 5.69. The number of hydrogen-bond donors (Lipinski definition) is 0. The first-order valence-electron chi connectivity index (χ1n) is 10.6. The van der Waals surface area contributed by atoms with Crippen molar-refractivity contribution in [2.45, 2.75) is 104 Å². The molecule has 25 heavy (non-hydrogen) atoms. The molecule has 0 aromatic heterocycles. The van der Waals surface area contributed by atoms with Crippen molar-refractivity contribution in [2.75, 3.05) is 26.4 Å². The van der Waals surface area contributed by atoms with Crippen molar-refractivity contribution in [3.8, 4) is 0 Å². The zero-order chi connectivity index (χ0) is 18.6. The van der Waals surface area contributed by atoms with Gasteiger partial charge in [-0.3, -0.25) is 4.79 Å². The fourth-order valence-corrected chi connectivity index (χ4v) is 2.65. The number of carbonyl (C=O) groups excluding carboxylic acids is 1. The van der Waals surface area contributed by atoms with E-state index in [1.165, 1.54) is 44.9 Å². The minimum atomic E-state index is -0.105. The summed E-state index contributed by atoms with van der Waals surface area (Å²) in [6.45, 7) is 9.08. The largest absolute Gasteiger partial charge is 0.463 e. The van der Waals surface area contributed by atoms with Crippen molar-refractivity contribution >= 4 is 5.97 Å². The predicted molar refractivity (Wildman–Crippen MR) is 104 cm³/mol. The van der Waals surface area contributed by atoms with Gasteiger partial charge in [-0.1, -0.05) is 58.8 Å². The van der Waals surface area contributed by atoms with Gasteiger partial charge in [-0.2, -0.15) is 0 Å². The summed E-state index contributed by atoms with van der Waals surface area (Å²) in [5, 5.41) is 0. The molecule has 0 rings (SSSR count). The van der Waals surface area contributed by atoms with Gasteiger partial charge in [0.25, 0.3) is 0 Å². The van der Waals surface area contributed by atoms with Gasteiger partial charge in [0.05, 0.1) is 19.3 Å². The third-order valence-electron chi connectivity index (χ3n) is 4.23. The molecule has 1 unspecified atom stereocenters. The molecule has 0 aromatic rings. The maximum atomic E-state index is 11.7. The van der Waals surface area contributed by atoms with Crippen LogP contribution in [0, 0.1) is 0 Å². The first-order valence-corrected chi connectivity index (χ1v) is 10.6. The maximum absolute atomic E-state index is 11.7. The van der Waals surface area contributed by atoms with Gasteiger partial charge in [-0.05, 0) is 32.6 Å². The molecule has 1 atom stereocenters. The summed E-state index contributed by atoms with van der Waals surface area (Å²) in [6, 6.07) is 0. The van der Waals surface area contributed by atoms with E-state index in [0.717, 1.165) is 32.3 Å². The van der Waals surface area contributed by atoms with E-state index in [1.54, 1.807) is 0 Å². The number of unbranched alkanes of at least 4 members (excludes halogenated alkanes) is 7. The molecule has 0 saturated carbocycles. The zero-order valence-electron chi connectivity index (χ0n) is 17.0. The molecule has 0 aromatic carbocycles. The van der Waals surface area contributed by atoms with E-state index < -0.39 is 0 Å². The van der Waals surface area contributed by atoms with E-state index in [4.69, 9.17) is 14.2 Å². The lowest BCUT2D eigenvalue weighted by Gasteiger charge is -2.13. The van der Waals surface area contributed by atoms with Gasteiger partial charge in [0.2, 0.25) is 0 Å². The monoisotopic (exact) mass is 358 g/mol. The Kier molecular flexibility index (Phi) is 19.2. The van der Waals surface area contributed by atoms with Crippen LogP contribution in [-0.4, -0.2) is 38.5 Å². The van der Waals surface area contributed by atoms with E-state index in [-0.39, 0.29) is 12.1 Å². The van der Waals surface area contributed by atoms with Crippen molar-refractivity contribution in [3.63, 3.8) is 0 Å². The van der Waals surface area contributed by atoms with Crippen molar-refractivity contribution in [1.82, 2.24) is 0 Å². The SMILES string of the molecule is CCCCCCCCOCCOCCCC(=O)OC(C)CCCCC. The Hall–Kier alpha value is -0.610. The third kappa shape index (κ3) is 19.6. The van der Waals surface area contributed by atoms with Gasteiger partial charge in [-0.15, -0.1) is 0 Å². The average molecular weight is 359 g/mol. The van der Waals surface area contributed by atoms with Crippen molar-refractivity contribution in [3.05, 3.63) is 0 Å². The number of rotatable bonds is 19. The van der Waals surface area contributed by atoms with Gasteiger partial charge >= 0.3 is 5.97 Å². The van der Waals surface area contributed by atoms with Crippen LogP contribution in [0.3, 0.4) is 0 Å². The van der Waals surface area contributed by atoms with Crippen LogP contribution in [0.5, 0.6) is 0 Å². The number of carbonyl (C=O) groups is 1. The van der Waals surface area contributed by atoms with Gasteiger partial charge in [0.1, 0.15) is 0 Å². The Morgan fingerprint density at radius 1 is 0.720 bits per heavy atom. The lowest BCUT2D eigenvalue weighted by atomic mass is 10.1. The van der Waals surface area contributed by atoms with Crippen LogP contribution in [0.25, 0.3) is 0 Å². The van der Waals surface area contributed by atoms with Gasteiger partial charge < -0.3 is 14.2 Å². The molecule has 0 aliphatic rings. The predicted octanol–water partition coefficient (Wildman–Crippen LogP) is 5.67. The normalized spacial score (nSPS) is 12.3. The second kappa shape index (κ2) is 19.7. The topological polar surface area (TPSA) is 44.8 Å². The fraction of sp³-hybridized carbons (Fsp3) is 0.952. The van der Waals surface area contributed by atoms with Crippen LogP contribution < -0.4 is 0 Å². The van der Waals surface area contributed by atoms with Gasteiger partial charge in [0, 0.05) is 19.6 Å². The molecule has 0 bridgehead atoms. The molecule has 150 valence electrons. The average Bonchev–Trinajstić information content (AvgIpc) is 2.59. The van der Waals surface area contributed by atoms with Crippen molar-refractivity contribution in [1.29, 1.82) is 0 Å². The summed E-state index contributed by atoms with van der Waals surface area (Å²) in [5.74, 6) is -0.105. The Balaban J connectivity index is 3.23. The Morgan fingerprint density at radius 2 is 1.28 bits per heavy atom. The van der Waals surface area contributed by atoms with Gasteiger partial charge in [-0.25, -0.2) is 0 Å². The molecule has 0 radical (unpaired) electrons. The lowest BCUT2D eigenvalue weighted by molar-refractivity contribution is -0.148. The number of hydrogen-bond acceptors (Lipinski definition) is 4. The highest BCUT2D eigenvalue weighted by atomic mass is 16.5. The summed E-state index contributed by atoms with van der Waals surface area (Å²) in [4.78, 5) is 11.7. The Morgan fingerprint density at radius 3 is 1.96 bits per heavy atom. The molecule has 4 heteroatoms. The molecule has 0 N–H and O–H groups in total. The molecular weight excluding hydrogens is 316 g/mol. The Bertz CT molecular complexity index is 281. The Labute approximate surface area is 156 Å². The van der Waals surface area contributed by atoms with Crippen LogP contribution in [0.4, 0.5) is 0 Å². The summed E-state index contributed by atoms with van der Waals surface area (Å²) in [5.41, 5.74) is 0. The maximum Gasteiger partial charge on any atom is 0.306 e. The smallest absolute Gasteiger partial charge is 0.306 e. The van der Waals surface area contributed by atoms with E-state index in [0.29, 0.717) is 26.2 Å². The van der Waals surface area contributed by atoms with E-state index in [1.807, 2.05) is 6.92 Å². The first kappa shape index (κ1) is 24.4. The van der Waals surface area contributed by atoms with E-state index in [9.17, 15) is 4.79 Å². The number of esters is 1. The minimum Gasteiger partial charge on any atom is -0.463 e. The van der Waals surface area contributed by atoms with Crippen LogP contribution in [0.15, 0.2) is 0 Å². The highest BCUT2D eigenvalue weighted by Gasteiger charge is 2.08. The van der Waals surface area contributed by atoms with Gasteiger partial charge in [0.15, 0.2) is 0 Å². The molecule has 0 heterocycles. The molecule has 0 spiro atoms. The van der Waals surface area contributed by atoms with Crippen LogP contribution in [0.1, 0.15) is 97.8 Å². The first-order chi connectivity index (χ1) is 12.2. The summed E-state index contributed by atoms with van der Waals surface area (Å²) >= 11 is 0. The van der Waals surface area contributed by atoms with Crippen molar-refractivity contribution in [2.24, 2.45) is 0 Å². The standard InChI is InChI=1S/C21H42O4/c1-4-6-8-9-10-12-16-23-18-19-24-17-13-15-21(22)25-20(3)14-11-7-5-2/h20H,4-19H2,1-3H3. The summed E-state index contributed by atoms with van der Waals surface area (Å²) in [6.07, 6.45) is 13.4. The molecule has 0 fully saturated rings. The fourth-order valence-electron chi connectivity index (χ4n) is 2.65. The molecule has 4 nitrogen and oxygen atoms in total. The van der Waals surface area contributed by atoms with Crippen LogP contribution >= 0.6 is 0 Å². The second-order valence-electron chi connectivity index (χ2n) is 6.89. The molecular formula is C21H42O4. The number of ether oxygens (including phenoxy) is 3. The zero-order valence-corrected chi connectivity index (χ0v) is 17.0. The second-order valence-corrected chi connectivity index (χ2v) is 6.89. The molecule has 0 amide bonds. The molecule has 0 aliphatic carbocycles. The quantitative estimate of drug-likeness (QED) is 0.220. The summed E-state index contributed by atoms with van der Waals surface area (Å²) in [7, 11) is 0. The molecule has 0 saturated heterocycles. The lowest BCUT2D eigenvalue weighted by Crippen LogP contribution is -2.15. The van der Waals surface area contributed by atoms with E-state index >= 15 is 0 Å². The molecule has 0 aliphatic heterocycles. The van der Waals surface area contributed by atoms with E-state index in [2.05, 4.69) is 13.8 Å². The van der Waals surface area contributed by atoms with Crippen LogP contribution in [0.2, 0.25) is 0 Å². The minimum absolute atomic E-state index is 0.0374. The van der Waals surface area contributed by atoms with Crippen molar-refractivity contribution < 1.29 is 19.0 Å². The summed E-state index contributed by atoms with van der Waals surface area (Å²) < 4.78 is 16.4.